The van der Waals surface area contributed by atoms with E-state index in [1.165, 1.54) is 44.1 Å². The van der Waals surface area contributed by atoms with E-state index < -0.39 is 0 Å². The molecule has 0 radical (unpaired) electrons. The van der Waals surface area contributed by atoms with Crippen LogP contribution >= 0.6 is 0 Å². The highest BCUT2D eigenvalue weighted by Gasteiger charge is 2.32. The van der Waals surface area contributed by atoms with E-state index in [0.29, 0.717) is 18.8 Å². The Balaban J connectivity index is 1.39. The molecule has 0 aromatic heterocycles. The summed E-state index contributed by atoms with van der Waals surface area (Å²) in [6.45, 7) is 6.41. The molecule has 2 aliphatic rings. The summed E-state index contributed by atoms with van der Waals surface area (Å²) in [5.74, 6) is 3.30. The number of carbonyl (C=O) groups is 1. The van der Waals surface area contributed by atoms with Gasteiger partial charge in [-0.1, -0.05) is 18.2 Å². The van der Waals surface area contributed by atoms with Crippen molar-refractivity contribution in [2.75, 3.05) is 6.61 Å². The Kier molecular flexibility index (Phi) is 8.00. The molecule has 3 rings (SSSR count). The van der Waals surface area contributed by atoms with Gasteiger partial charge in [-0.15, -0.1) is 6.58 Å². The Labute approximate surface area is 170 Å². The van der Waals surface area contributed by atoms with Crippen LogP contribution in [0, 0.1) is 11.8 Å². The SMILES string of the molecule is C=CCCC(=O)O[C@H]1CC[C@H]([C@H]2CC[C@H](c3ccc(OCC)cc3)CC2)CC1. The van der Waals surface area contributed by atoms with Crippen LogP contribution in [-0.2, 0) is 9.53 Å². The van der Waals surface area contributed by atoms with E-state index in [-0.39, 0.29) is 12.1 Å². The van der Waals surface area contributed by atoms with E-state index in [2.05, 4.69) is 30.8 Å². The Bertz CT molecular complexity index is 605. The first-order valence-corrected chi connectivity index (χ1v) is 11.2. The monoisotopic (exact) mass is 384 g/mol. The molecule has 0 bridgehead atoms. The maximum absolute atomic E-state index is 11.8. The molecule has 2 saturated carbocycles. The van der Waals surface area contributed by atoms with E-state index >= 15 is 0 Å². The molecule has 0 N–H and O–H groups in total. The van der Waals surface area contributed by atoms with Crippen molar-refractivity contribution in [2.45, 2.75) is 83.2 Å². The van der Waals surface area contributed by atoms with Crippen molar-refractivity contribution < 1.29 is 14.3 Å². The van der Waals surface area contributed by atoms with Crippen molar-refractivity contribution >= 4 is 5.97 Å². The average Bonchev–Trinajstić information content (AvgIpc) is 2.74. The van der Waals surface area contributed by atoms with Crippen LogP contribution in [0.5, 0.6) is 5.75 Å². The predicted octanol–water partition coefficient (Wildman–Crippen LogP) is 6.43. The molecule has 2 fully saturated rings. The molecule has 3 nitrogen and oxygen atoms in total. The molecule has 0 amide bonds. The minimum absolute atomic E-state index is 0.0563. The summed E-state index contributed by atoms with van der Waals surface area (Å²) in [4.78, 5) is 11.8. The van der Waals surface area contributed by atoms with Crippen molar-refractivity contribution in [3.8, 4) is 5.75 Å². The molecule has 1 aromatic rings. The van der Waals surface area contributed by atoms with Gasteiger partial charge in [0.1, 0.15) is 11.9 Å². The van der Waals surface area contributed by atoms with Gasteiger partial charge in [0.05, 0.1) is 6.61 Å². The molecule has 0 unspecified atom stereocenters. The lowest BCUT2D eigenvalue weighted by Crippen LogP contribution is -2.29. The Morgan fingerprint density at radius 1 is 1.00 bits per heavy atom. The third-order valence-corrected chi connectivity index (χ3v) is 6.67. The fourth-order valence-corrected chi connectivity index (χ4v) is 5.07. The number of hydrogen-bond acceptors (Lipinski definition) is 3. The number of hydrogen-bond donors (Lipinski definition) is 0. The number of benzene rings is 1. The van der Waals surface area contributed by atoms with Gasteiger partial charge in [0.2, 0.25) is 0 Å². The molecule has 2 aliphatic carbocycles. The molecule has 3 heteroatoms. The molecular weight excluding hydrogens is 348 g/mol. The quantitative estimate of drug-likeness (QED) is 0.383. The van der Waals surface area contributed by atoms with Crippen molar-refractivity contribution in [1.29, 1.82) is 0 Å². The van der Waals surface area contributed by atoms with E-state index in [1.807, 2.05) is 6.92 Å². The van der Waals surface area contributed by atoms with Gasteiger partial charge in [-0.3, -0.25) is 4.79 Å². The van der Waals surface area contributed by atoms with Gasteiger partial charge in [-0.25, -0.2) is 0 Å². The zero-order valence-corrected chi connectivity index (χ0v) is 17.4. The number of ether oxygens (including phenoxy) is 2. The van der Waals surface area contributed by atoms with Gasteiger partial charge >= 0.3 is 5.97 Å². The zero-order valence-electron chi connectivity index (χ0n) is 17.4. The number of esters is 1. The molecule has 0 atom stereocenters. The third kappa shape index (κ3) is 5.86. The Morgan fingerprint density at radius 3 is 2.18 bits per heavy atom. The second-order valence-electron chi connectivity index (χ2n) is 8.47. The maximum atomic E-state index is 11.8. The van der Waals surface area contributed by atoms with Gasteiger partial charge in [-0.2, -0.15) is 0 Å². The summed E-state index contributed by atoms with van der Waals surface area (Å²) in [7, 11) is 0. The molecule has 28 heavy (non-hydrogen) atoms. The smallest absolute Gasteiger partial charge is 0.306 e. The van der Waals surface area contributed by atoms with E-state index in [9.17, 15) is 4.79 Å². The topological polar surface area (TPSA) is 35.5 Å². The Hall–Kier alpha value is -1.77. The number of rotatable bonds is 8. The fourth-order valence-electron chi connectivity index (χ4n) is 5.07. The van der Waals surface area contributed by atoms with Crippen molar-refractivity contribution in [3.63, 3.8) is 0 Å². The van der Waals surface area contributed by atoms with Crippen molar-refractivity contribution in [3.05, 3.63) is 42.5 Å². The normalized spacial score (nSPS) is 27.8. The van der Waals surface area contributed by atoms with Gasteiger partial charge in [0.25, 0.3) is 0 Å². The van der Waals surface area contributed by atoms with Crippen LogP contribution in [0.15, 0.2) is 36.9 Å². The van der Waals surface area contributed by atoms with Crippen LogP contribution in [0.4, 0.5) is 0 Å². The van der Waals surface area contributed by atoms with Crippen LogP contribution in [0.1, 0.15) is 82.6 Å². The van der Waals surface area contributed by atoms with Crippen LogP contribution in [0.2, 0.25) is 0 Å². The highest BCUT2D eigenvalue weighted by atomic mass is 16.5. The van der Waals surface area contributed by atoms with E-state index in [4.69, 9.17) is 9.47 Å². The first kappa shape index (κ1) is 21.0. The highest BCUT2D eigenvalue weighted by Crippen LogP contribution is 2.43. The minimum Gasteiger partial charge on any atom is -0.494 e. The lowest BCUT2D eigenvalue weighted by molar-refractivity contribution is -0.151. The molecule has 0 heterocycles. The standard InChI is InChI=1S/C25H36O3/c1-3-5-6-25(26)28-24-17-13-22(14-18-24)20-9-7-19(8-10-20)21-11-15-23(16-12-21)27-4-2/h3,11-12,15-16,19-20,22,24H,1,4-10,13-14,17-18H2,2H3/t19-,20-,22-,24-. The minimum atomic E-state index is -0.0563. The summed E-state index contributed by atoms with van der Waals surface area (Å²) in [5.41, 5.74) is 1.47. The number of allylic oxidation sites excluding steroid dienone is 1. The van der Waals surface area contributed by atoms with Gasteiger partial charge in [-0.05, 0) is 100 Å². The van der Waals surface area contributed by atoms with E-state index in [0.717, 1.165) is 37.0 Å². The van der Waals surface area contributed by atoms with Crippen molar-refractivity contribution in [1.82, 2.24) is 0 Å². The second-order valence-corrected chi connectivity index (χ2v) is 8.47. The highest BCUT2D eigenvalue weighted by molar-refractivity contribution is 5.69. The summed E-state index contributed by atoms with van der Waals surface area (Å²) >= 11 is 0. The lowest BCUT2D eigenvalue weighted by atomic mass is 9.69. The third-order valence-electron chi connectivity index (χ3n) is 6.67. The maximum Gasteiger partial charge on any atom is 0.306 e. The molecule has 0 saturated heterocycles. The van der Waals surface area contributed by atoms with Crippen LogP contribution < -0.4 is 4.74 Å². The van der Waals surface area contributed by atoms with Gasteiger partial charge in [0, 0.05) is 6.42 Å². The van der Waals surface area contributed by atoms with E-state index in [1.54, 1.807) is 6.08 Å². The summed E-state index contributed by atoms with van der Waals surface area (Å²) in [6, 6.07) is 8.73. The lowest BCUT2D eigenvalue weighted by Gasteiger charge is -2.37. The molecule has 0 aliphatic heterocycles. The predicted molar refractivity (Wildman–Crippen MR) is 114 cm³/mol. The van der Waals surface area contributed by atoms with Crippen LogP contribution in [0.3, 0.4) is 0 Å². The second kappa shape index (κ2) is 10.7. The molecular formula is C25H36O3. The van der Waals surface area contributed by atoms with Gasteiger partial charge in [0.15, 0.2) is 0 Å². The average molecular weight is 385 g/mol. The summed E-state index contributed by atoms with van der Waals surface area (Å²) in [6.07, 6.45) is 12.9. The summed E-state index contributed by atoms with van der Waals surface area (Å²) in [5, 5.41) is 0. The fraction of sp³-hybridized carbons (Fsp3) is 0.640. The molecule has 0 spiro atoms. The number of carbonyl (C=O) groups excluding carboxylic acids is 1. The van der Waals surface area contributed by atoms with Gasteiger partial charge < -0.3 is 9.47 Å². The molecule has 154 valence electrons. The molecule has 1 aromatic carbocycles. The first-order chi connectivity index (χ1) is 13.7. The van der Waals surface area contributed by atoms with Crippen LogP contribution in [-0.4, -0.2) is 18.7 Å². The van der Waals surface area contributed by atoms with Crippen molar-refractivity contribution in [2.24, 2.45) is 11.8 Å². The summed E-state index contributed by atoms with van der Waals surface area (Å²) < 4.78 is 11.2. The first-order valence-electron chi connectivity index (χ1n) is 11.2. The largest absolute Gasteiger partial charge is 0.494 e. The Morgan fingerprint density at radius 2 is 1.61 bits per heavy atom. The zero-order chi connectivity index (χ0) is 19.8. The van der Waals surface area contributed by atoms with Crippen LogP contribution in [0.25, 0.3) is 0 Å².